The quantitative estimate of drug-likeness (QED) is 0.754. The molecule has 2 rings (SSSR count). The molecule has 0 radical (unpaired) electrons. The second kappa shape index (κ2) is 4.23. The Bertz CT molecular complexity index is 509. The fourth-order valence-corrected chi connectivity index (χ4v) is 1.47. The van der Waals surface area contributed by atoms with Crippen LogP contribution in [0.4, 0.5) is 21.5 Å². The van der Waals surface area contributed by atoms with Gasteiger partial charge in [0.15, 0.2) is 0 Å². The fourth-order valence-electron chi connectivity index (χ4n) is 1.47. The minimum atomic E-state index is -0.404. The summed E-state index contributed by atoms with van der Waals surface area (Å²) in [6, 6.07) is 12.5. The molecule has 0 aromatic heterocycles. The molecule has 0 aliphatic heterocycles. The number of rotatable bonds is 2. The van der Waals surface area contributed by atoms with Crippen LogP contribution in [-0.4, -0.2) is 0 Å². The maximum absolute atomic E-state index is 13.2. The van der Waals surface area contributed by atoms with Gasteiger partial charge in [-0.2, -0.15) is 0 Å². The third-order valence-corrected chi connectivity index (χ3v) is 2.42. The van der Waals surface area contributed by atoms with Crippen molar-refractivity contribution in [1.29, 1.82) is 0 Å². The van der Waals surface area contributed by atoms with Crippen molar-refractivity contribution in [2.24, 2.45) is 0 Å². The highest BCUT2D eigenvalue weighted by Crippen LogP contribution is 2.22. The van der Waals surface area contributed by atoms with Crippen LogP contribution >= 0.6 is 0 Å². The van der Waals surface area contributed by atoms with E-state index in [-0.39, 0.29) is 5.69 Å². The zero-order valence-electron chi connectivity index (χ0n) is 9.00. The second-order valence-electron chi connectivity index (χ2n) is 3.68. The smallest absolute Gasteiger partial charge is 0.148 e. The van der Waals surface area contributed by atoms with E-state index in [0.717, 1.165) is 11.3 Å². The topological polar surface area (TPSA) is 38.0 Å². The average molecular weight is 216 g/mol. The standard InChI is InChI=1S/C13H13FN2/c1-9-4-2-3-5-13(9)16-10-6-7-12(15)11(14)8-10/h2-8,16H,15H2,1H3. The zero-order chi connectivity index (χ0) is 11.5. The Labute approximate surface area is 93.9 Å². The van der Waals surface area contributed by atoms with Crippen LogP contribution in [0.25, 0.3) is 0 Å². The zero-order valence-corrected chi connectivity index (χ0v) is 9.00. The number of benzene rings is 2. The molecule has 0 fully saturated rings. The first-order valence-electron chi connectivity index (χ1n) is 5.04. The molecular formula is C13H13FN2. The summed E-state index contributed by atoms with van der Waals surface area (Å²) in [5.41, 5.74) is 8.34. The molecule has 0 heterocycles. The number of aryl methyl sites for hydroxylation is 1. The number of para-hydroxylation sites is 1. The van der Waals surface area contributed by atoms with Crippen LogP contribution < -0.4 is 11.1 Å². The van der Waals surface area contributed by atoms with Gasteiger partial charge < -0.3 is 11.1 Å². The van der Waals surface area contributed by atoms with E-state index in [1.807, 2.05) is 31.2 Å². The highest BCUT2D eigenvalue weighted by Gasteiger charge is 2.01. The summed E-state index contributed by atoms with van der Waals surface area (Å²) in [7, 11) is 0. The van der Waals surface area contributed by atoms with E-state index in [9.17, 15) is 4.39 Å². The lowest BCUT2D eigenvalue weighted by Gasteiger charge is -2.09. The van der Waals surface area contributed by atoms with Crippen LogP contribution in [0, 0.1) is 12.7 Å². The van der Waals surface area contributed by atoms with Crippen LogP contribution in [0.15, 0.2) is 42.5 Å². The lowest BCUT2D eigenvalue weighted by Crippen LogP contribution is -1.95. The van der Waals surface area contributed by atoms with Crippen molar-refractivity contribution in [3.8, 4) is 0 Å². The summed E-state index contributed by atoms with van der Waals surface area (Å²) in [6.07, 6.45) is 0. The van der Waals surface area contributed by atoms with Gasteiger partial charge in [-0.1, -0.05) is 18.2 Å². The maximum Gasteiger partial charge on any atom is 0.148 e. The molecule has 0 saturated carbocycles. The first-order chi connectivity index (χ1) is 7.66. The minimum Gasteiger partial charge on any atom is -0.396 e. The summed E-state index contributed by atoms with van der Waals surface area (Å²) in [5, 5.41) is 3.14. The molecule has 0 bridgehead atoms. The van der Waals surface area contributed by atoms with Crippen LogP contribution in [0.2, 0.25) is 0 Å². The summed E-state index contributed by atoms with van der Waals surface area (Å²) >= 11 is 0. The van der Waals surface area contributed by atoms with Gasteiger partial charge in [-0.25, -0.2) is 4.39 Å². The molecule has 0 unspecified atom stereocenters. The third-order valence-electron chi connectivity index (χ3n) is 2.42. The number of halogens is 1. The molecule has 2 aromatic rings. The summed E-state index contributed by atoms with van der Waals surface area (Å²) in [6.45, 7) is 2.00. The highest BCUT2D eigenvalue weighted by molar-refractivity contribution is 5.64. The lowest BCUT2D eigenvalue weighted by atomic mass is 10.2. The van der Waals surface area contributed by atoms with Gasteiger partial charge in [-0.15, -0.1) is 0 Å². The molecule has 0 atom stereocenters. The maximum atomic E-state index is 13.2. The first-order valence-corrected chi connectivity index (χ1v) is 5.04. The van der Waals surface area contributed by atoms with Crippen molar-refractivity contribution >= 4 is 17.1 Å². The van der Waals surface area contributed by atoms with Gasteiger partial charge >= 0.3 is 0 Å². The Morgan fingerprint density at radius 2 is 1.88 bits per heavy atom. The Kier molecular flexibility index (Phi) is 2.77. The minimum absolute atomic E-state index is 0.162. The predicted octanol–water partition coefficient (Wildman–Crippen LogP) is 3.46. The average Bonchev–Trinajstić information content (AvgIpc) is 2.27. The van der Waals surface area contributed by atoms with E-state index in [0.29, 0.717) is 5.69 Å². The normalized spacial score (nSPS) is 10.1. The van der Waals surface area contributed by atoms with Crippen LogP contribution in [0.1, 0.15) is 5.56 Å². The first kappa shape index (κ1) is 10.5. The van der Waals surface area contributed by atoms with Crippen molar-refractivity contribution in [2.75, 3.05) is 11.1 Å². The van der Waals surface area contributed by atoms with Crippen molar-refractivity contribution < 1.29 is 4.39 Å². The molecule has 0 saturated heterocycles. The highest BCUT2D eigenvalue weighted by atomic mass is 19.1. The van der Waals surface area contributed by atoms with E-state index >= 15 is 0 Å². The fraction of sp³-hybridized carbons (Fsp3) is 0.0769. The largest absolute Gasteiger partial charge is 0.396 e. The lowest BCUT2D eigenvalue weighted by molar-refractivity contribution is 0.633. The molecule has 3 N–H and O–H groups in total. The Morgan fingerprint density at radius 3 is 2.56 bits per heavy atom. The molecular weight excluding hydrogens is 203 g/mol. The molecule has 3 heteroatoms. The number of nitrogens with one attached hydrogen (secondary N) is 1. The second-order valence-corrected chi connectivity index (χ2v) is 3.68. The van der Waals surface area contributed by atoms with Gasteiger partial charge in [-0.05, 0) is 36.8 Å². The molecule has 16 heavy (non-hydrogen) atoms. The van der Waals surface area contributed by atoms with E-state index in [4.69, 9.17) is 5.73 Å². The van der Waals surface area contributed by atoms with Crippen molar-refractivity contribution in [3.05, 3.63) is 53.8 Å². The van der Waals surface area contributed by atoms with Gasteiger partial charge in [-0.3, -0.25) is 0 Å². The van der Waals surface area contributed by atoms with E-state index in [1.165, 1.54) is 6.07 Å². The molecule has 82 valence electrons. The number of nitrogens with two attached hydrogens (primary N) is 1. The van der Waals surface area contributed by atoms with Crippen molar-refractivity contribution in [2.45, 2.75) is 6.92 Å². The Balaban J connectivity index is 2.28. The number of hydrogen-bond acceptors (Lipinski definition) is 2. The van der Waals surface area contributed by atoms with Gasteiger partial charge in [0, 0.05) is 11.4 Å². The third kappa shape index (κ3) is 2.14. The van der Waals surface area contributed by atoms with Gasteiger partial charge in [0.1, 0.15) is 5.82 Å². The van der Waals surface area contributed by atoms with Crippen molar-refractivity contribution in [3.63, 3.8) is 0 Å². The summed E-state index contributed by atoms with van der Waals surface area (Å²) in [5.74, 6) is -0.404. The summed E-state index contributed by atoms with van der Waals surface area (Å²) < 4.78 is 13.2. The molecule has 2 nitrogen and oxygen atoms in total. The summed E-state index contributed by atoms with van der Waals surface area (Å²) in [4.78, 5) is 0. The monoisotopic (exact) mass is 216 g/mol. The predicted molar refractivity (Wildman–Crippen MR) is 65.3 cm³/mol. The molecule has 2 aromatic carbocycles. The van der Waals surface area contributed by atoms with Crippen LogP contribution in [0.3, 0.4) is 0 Å². The molecule has 0 spiro atoms. The van der Waals surface area contributed by atoms with Gasteiger partial charge in [0.25, 0.3) is 0 Å². The molecule has 0 amide bonds. The van der Waals surface area contributed by atoms with E-state index in [1.54, 1.807) is 12.1 Å². The number of anilines is 3. The number of hydrogen-bond donors (Lipinski definition) is 2. The molecule has 0 aliphatic rings. The van der Waals surface area contributed by atoms with E-state index in [2.05, 4.69) is 5.32 Å². The van der Waals surface area contributed by atoms with Gasteiger partial charge in [0.05, 0.1) is 5.69 Å². The van der Waals surface area contributed by atoms with E-state index < -0.39 is 5.82 Å². The Hall–Kier alpha value is -2.03. The van der Waals surface area contributed by atoms with Crippen LogP contribution in [0.5, 0.6) is 0 Å². The SMILES string of the molecule is Cc1ccccc1Nc1ccc(N)c(F)c1. The Morgan fingerprint density at radius 1 is 1.12 bits per heavy atom. The molecule has 0 aliphatic carbocycles. The van der Waals surface area contributed by atoms with Crippen LogP contribution in [-0.2, 0) is 0 Å². The van der Waals surface area contributed by atoms with Crippen molar-refractivity contribution in [1.82, 2.24) is 0 Å². The van der Waals surface area contributed by atoms with Gasteiger partial charge in [0.2, 0.25) is 0 Å². The number of nitrogen functional groups attached to an aromatic ring is 1.